The Kier molecular flexibility index (Phi) is 1.90. The maximum atomic E-state index is 11.5. The van der Waals surface area contributed by atoms with Gasteiger partial charge >= 0.3 is 5.97 Å². The van der Waals surface area contributed by atoms with Crippen molar-refractivity contribution in [1.29, 1.82) is 0 Å². The van der Waals surface area contributed by atoms with Crippen LogP contribution in [0, 0.1) is 17.3 Å². The molecule has 0 N–H and O–H groups in total. The zero-order valence-corrected chi connectivity index (χ0v) is 9.74. The molecule has 86 valence electrons. The van der Waals surface area contributed by atoms with E-state index in [2.05, 4.69) is 25.7 Å². The number of esters is 1. The van der Waals surface area contributed by atoms with Crippen molar-refractivity contribution in [2.75, 3.05) is 0 Å². The minimum Gasteiger partial charge on any atom is -0.455 e. The molecule has 0 spiro atoms. The summed E-state index contributed by atoms with van der Waals surface area (Å²) in [7, 11) is 0. The van der Waals surface area contributed by atoms with Crippen LogP contribution in [0.15, 0.2) is 24.8 Å². The number of carbonyl (C=O) groups is 1. The van der Waals surface area contributed by atoms with Crippen LogP contribution in [0.3, 0.4) is 0 Å². The van der Waals surface area contributed by atoms with Crippen molar-refractivity contribution in [3.8, 4) is 0 Å². The van der Waals surface area contributed by atoms with Gasteiger partial charge in [0.2, 0.25) is 0 Å². The third-order valence-electron chi connectivity index (χ3n) is 5.15. The van der Waals surface area contributed by atoms with Crippen LogP contribution in [0.4, 0.5) is 0 Å². The van der Waals surface area contributed by atoms with E-state index in [-0.39, 0.29) is 17.0 Å². The third-order valence-corrected chi connectivity index (χ3v) is 5.15. The quantitative estimate of drug-likeness (QED) is 0.405. The Bertz CT molecular complexity index is 384. The minimum atomic E-state index is -0.261. The van der Waals surface area contributed by atoms with Gasteiger partial charge in [-0.15, -0.1) is 0 Å². The molecule has 2 nitrogen and oxygen atoms in total. The van der Waals surface area contributed by atoms with E-state index in [1.165, 1.54) is 12.5 Å². The first-order chi connectivity index (χ1) is 7.61. The van der Waals surface area contributed by atoms with Crippen LogP contribution in [-0.2, 0) is 9.53 Å². The van der Waals surface area contributed by atoms with E-state index in [1.54, 1.807) is 0 Å². The first kappa shape index (κ1) is 10.1. The molecule has 2 saturated carbocycles. The maximum absolute atomic E-state index is 11.5. The van der Waals surface area contributed by atoms with Crippen molar-refractivity contribution in [2.45, 2.75) is 38.2 Å². The summed E-state index contributed by atoms with van der Waals surface area (Å²) in [4.78, 5) is 11.5. The number of hydrogen-bond acceptors (Lipinski definition) is 2. The van der Waals surface area contributed by atoms with E-state index < -0.39 is 0 Å². The molecule has 2 fully saturated rings. The molecule has 4 atom stereocenters. The van der Waals surface area contributed by atoms with E-state index in [4.69, 9.17) is 4.74 Å². The highest BCUT2D eigenvalue weighted by Gasteiger charge is 2.66. The van der Waals surface area contributed by atoms with Crippen molar-refractivity contribution in [1.82, 2.24) is 0 Å². The van der Waals surface area contributed by atoms with Crippen LogP contribution in [0.1, 0.15) is 32.6 Å². The van der Waals surface area contributed by atoms with Crippen molar-refractivity contribution in [3.63, 3.8) is 0 Å². The molecule has 3 aliphatic carbocycles. The van der Waals surface area contributed by atoms with Gasteiger partial charge < -0.3 is 4.74 Å². The van der Waals surface area contributed by atoms with Crippen LogP contribution < -0.4 is 0 Å². The Morgan fingerprint density at radius 3 is 3.19 bits per heavy atom. The summed E-state index contributed by atoms with van der Waals surface area (Å²) in [5.74, 6) is 1.18. The lowest BCUT2D eigenvalue weighted by Crippen LogP contribution is -2.46. The molecule has 16 heavy (non-hydrogen) atoms. The van der Waals surface area contributed by atoms with Crippen LogP contribution in [-0.4, -0.2) is 11.6 Å². The first-order valence-corrected chi connectivity index (χ1v) is 6.14. The highest BCUT2D eigenvalue weighted by molar-refractivity contribution is 5.81. The highest BCUT2D eigenvalue weighted by atomic mass is 16.6. The first-order valence-electron chi connectivity index (χ1n) is 6.14. The smallest absolute Gasteiger partial charge is 0.330 e. The summed E-state index contributed by atoms with van der Waals surface area (Å²) in [6.45, 7) is 5.76. The monoisotopic (exact) mass is 218 g/mol. The van der Waals surface area contributed by atoms with Gasteiger partial charge in [0.25, 0.3) is 0 Å². The van der Waals surface area contributed by atoms with E-state index in [1.807, 2.05) is 0 Å². The minimum absolute atomic E-state index is 0.0780. The van der Waals surface area contributed by atoms with E-state index >= 15 is 0 Å². The second-order valence-electron chi connectivity index (χ2n) is 5.65. The summed E-state index contributed by atoms with van der Waals surface area (Å²) in [6, 6.07) is 0. The van der Waals surface area contributed by atoms with E-state index in [9.17, 15) is 4.79 Å². The fourth-order valence-electron chi connectivity index (χ4n) is 4.32. The molecule has 0 heterocycles. The van der Waals surface area contributed by atoms with E-state index in [0.717, 1.165) is 25.2 Å². The molecule has 2 heteroatoms. The third kappa shape index (κ3) is 1.00. The molecule has 0 aromatic carbocycles. The number of hydrogen-bond donors (Lipinski definition) is 0. The maximum Gasteiger partial charge on any atom is 0.330 e. The Hall–Kier alpha value is -1.05. The van der Waals surface area contributed by atoms with Crippen molar-refractivity contribution < 1.29 is 9.53 Å². The summed E-state index contributed by atoms with van der Waals surface area (Å²) in [5, 5.41) is 0. The Morgan fingerprint density at radius 1 is 1.62 bits per heavy atom. The fourth-order valence-corrected chi connectivity index (χ4v) is 4.32. The van der Waals surface area contributed by atoms with Gasteiger partial charge in [-0.2, -0.15) is 0 Å². The number of rotatable bonds is 2. The second kappa shape index (κ2) is 2.99. The number of ether oxygens (including phenoxy) is 1. The molecule has 0 aromatic heterocycles. The normalized spacial score (nSPS) is 48.1. The Balaban J connectivity index is 1.97. The number of carbonyl (C=O) groups excluding carboxylic acids is 1. The predicted octanol–water partition coefficient (Wildman–Crippen LogP) is 2.85. The molecule has 2 bridgehead atoms. The van der Waals surface area contributed by atoms with Gasteiger partial charge in [-0.25, -0.2) is 4.79 Å². The topological polar surface area (TPSA) is 26.3 Å². The molecule has 0 amide bonds. The van der Waals surface area contributed by atoms with Gasteiger partial charge in [0.15, 0.2) is 0 Å². The molecule has 4 unspecified atom stereocenters. The summed E-state index contributed by atoms with van der Waals surface area (Å²) in [6.07, 6.45) is 10.3. The number of fused-ring (bicyclic) bond motifs is 5. The average molecular weight is 218 g/mol. The van der Waals surface area contributed by atoms with Crippen LogP contribution in [0.5, 0.6) is 0 Å². The Morgan fingerprint density at radius 2 is 2.44 bits per heavy atom. The van der Waals surface area contributed by atoms with Crippen LogP contribution in [0.25, 0.3) is 0 Å². The van der Waals surface area contributed by atoms with Gasteiger partial charge in [-0.1, -0.05) is 25.7 Å². The lowest BCUT2D eigenvalue weighted by molar-refractivity contribution is -0.164. The average Bonchev–Trinajstić information content (AvgIpc) is 2.87. The summed E-state index contributed by atoms with van der Waals surface area (Å²) >= 11 is 0. The molecule has 0 radical (unpaired) electrons. The van der Waals surface area contributed by atoms with Crippen LogP contribution in [0.2, 0.25) is 0 Å². The van der Waals surface area contributed by atoms with Crippen molar-refractivity contribution in [3.05, 3.63) is 24.8 Å². The lowest BCUT2D eigenvalue weighted by Gasteiger charge is -2.43. The number of allylic oxidation sites excluding steroid dienone is 1. The second-order valence-corrected chi connectivity index (χ2v) is 5.65. The highest BCUT2D eigenvalue weighted by Crippen LogP contribution is 2.67. The molecule has 3 aliphatic rings. The van der Waals surface area contributed by atoms with Gasteiger partial charge in [-0.3, -0.25) is 0 Å². The SMILES string of the molecule is C=CC(=O)OC12CCC(C1)C1CC=CC12C. The van der Waals surface area contributed by atoms with Gasteiger partial charge in [0, 0.05) is 11.5 Å². The zero-order valence-electron chi connectivity index (χ0n) is 9.74. The predicted molar refractivity (Wildman–Crippen MR) is 61.7 cm³/mol. The van der Waals surface area contributed by atoms with Gasteiger partial charge in [0.1, 0.15) is 5.60 Å². The summed E-state index contributed by atoms with van der Waals surface area (Å²) < 4.78 is 5.75. The van der Waals surface area contributed by atoms with E-state index in [0.29, 0.717) is 5.92 Å². The Labute approximate surface area is 96.4 Å². The van der Waals surface area contributed by atoms with Crippen molar-refractivity contribution in [2.24, 2.45) is 17.3 Å². The summed E-state index contributed by atoms with van der Waals surface area (Å²) in [5.41, 5.74) is -0.158. The molecule has 0 aromatic rings. The standard InChI is InChI=1S/C14H18O2/c1-3-12(15)16-14-8-6-10(9-14)11-5-4-7-13(11,14)2/h3-4,7,10-11H,1,5-6,8-9H2,2H3. The van der Waals surface area contributed by atoms with Gasteiger partial charge in [-0.05, 0) is 37.5 Å². The van der Waals surface area contributed by atoms with Gasteiger partial charge in [0.05, 0.1) is 0 Å². The largest absolute Gasteiger partial charge is 0.455 e. The molecular weight excluding hydrogens is 200 g/mol. The van der Waals surface area contributed by atoms with Crippen molar-refractivity contribution >= 4 is 5.97 Å². The van der Waals surface area contributed by atoms with Crippen LogP contribution >= 0.6 is 0 Å². The molecule has 0 saturated heterocycles. The molecular formula is C14H18O2. The molecule has 3 rings (SSSR count). The molecule has 0 aliphatic heterocycles. The zero-order chi connectivity index (χ0) is 11.4. The lowest BCUT2D eigenvalue weighted by atomic mass is 9.67. The fraction of sp³-hybridized carbons (Fsp3) is 0.643.